The molecule has 1 amide bonds. The van der Waals surface area contributed by atoms with E-state index in [2.05, 4.69) is 4.74 Å². The number of hydrogen-bond donors (Lipinski definition) is 0. The lowest BCUT2D eigenvalue weighted by atomic mass is 10.1. The van der Waals surface area contributed by atoms with Crippen LogP contribution in [0.4, 0.5) is 0 Å². The SMILES string of the molecule is CCOc1ccc(CN(CC)C(=O)/C=C/c2ccc(C(=O)OC)cc2)cc1OC. The number of nitrogens with zero attached hydrogens (tertiary/aromatic N) is 1. The standard InChI is InChI=1S/C23H27NO5/c1-5-24(16-18-9-13-20(29-6-2)21(15-18)27-3)22(25)14-10-17-7-11-19(12-8-17)23(26)28-4/h7-15H,5-6,16H2,1-4H3/b14-10+. The fourth-order valence-electron chi connectivity index (χ4n) is 2.77. The van der Waals surface area contributed by atoms with E-state index in [0.29, 0.717) is 36.8 Å². The maximum Gasteiger partial charge on any atom is 0.337 e. The molecule has 6 heteroatoms. The minimum Gasteiger partial charge on any atom is -0.493 e. The highest BCUT2D eigenvalue weighted by molar-refractivity contribution is 5.92. The molecule has 6 nitrogen and oxygen atoms in total. The van der Waals surface area contributed by atoms with Crippen molar-refractivity contribution < 1.29 is 23.8 Å². The molecule has 0 aliphatic rings. The van der Waals surface area contributed by atoms with Crippen LogP contribution in [0.1, 0.15) is 35.3 Å². The Labute approximate surface area is 171 Å². The fraction of sp³-hybridized carbons (Fsp3) is 0.304. The monoisotopic (exact) mass is 397 g/mol. The number of ether oxygens (including phenoxy) is 3. The van der Waals surface area contributed by atoms with Gasteiger partial charge in [0.2, 0.25) is 5.91 Å². The van der Waals surface area contributed by atoms with Gasteiger partial charge in [0.1, 0.15) is 0 Å². The van der Waals surface area contributed by atoms with Crippen molar-refractivity contribution in [3.05, 3.63) is 65.2 Å². The van der Waals surface area contributed by atoms with E-state index >= 15 is 0 Å². The van der Waals surface area contributed by atoms with Crippen LogP contribution in [0.5, 0.6) is 11.5 Å². The Balaban J connectivity index is 2.06. The van der Waals surface area contributed by atoms with Crippen molar-refractivity contribution in [1.29, 1.82) is 0 Å². The Kier molecular flexibility index (Phi) is 8.27. The molecular formula is C23H27NO5. The van der Waals surface area contributed by atoms with E-state index in [1.54, 1.807) is 42.4 Å². The predicted molar refractivity (Wildman–Crippen MR) is 112 cm³/mol. The van der Waals surface area contributed by atoms with Crippen LogP contribution in [0.25, 0.3) is 6.08 Å². The summed E-state index contributed by atoms with van der Waals surface area (Å²) in [5, 5.41) is 0. The number of likely N-dealkylation sites (N-methyl/N-ethyl adjacent to an activating group) is 1. The van der Waals surface area contributed by atoms with Crippen molar-refractivity contribution in [2.24, 2.45) is 0 Å². The van der Waals surface area contributed by atoms with Crippen molar-refractivity contribution >= 4 is 18.0 Å². The van der Waals surface area contributed by atoms with Gasteiger partial charge in [-0.05, 0) is 55.3 Å². The topological polar surface area (TPSA) is 65.1 Å². The van der Waals surface area contributed by atoms with Crippen molar-refractivity contribution in [3.63, 3.8) is 0 Å². The highest BCUT2D eigenvalue weighted by Gasteiger charge is 2.12. The number of amides is 1. The molecule has 0 N–H and O–H groups in total. The lowest BCUT2D eigenvalue weighted by Crippen LogP contribution is -2.28. The van der Waals surface area contributed by atoms with Gasteiger partial charge < -0.3 is 19.1 Å². The largest absolute Gasteiger partial charge is 0.493 e. The number of carbonyl (C=O) groups is 2. The van der Waals surface area contributed by atoms with Crippen LogP contribution in [0.2, 0.25) is 0 Å². The highest BCUT2D eigenvalue weighted by Crippen LogP contribution is 2.28. The van der Waals surface area contributed by atoms with Gasteiger partial charge in [0, 0.05) is 19.2 Å². The zero-order valence-electron chi connectivity index (χ0n) is 17.3. The third-order valence-corrected chi connectivity index (χ3v) is 4.34. The van der Waals surface area contributed by atoms with Gasteiger partial charge in [-0.15, -0.1) is 0 Å². The van der Waals surface area contributed by atoms with Gasteiger partial charge in [0.05, 0.1) is 26.4 Å². The second kappa shape index (κ2) is 10.9. The summed E-state index contributed by atoms with van der Waals surface area (Å²) < 4.78 is 15.6. The summed E-state index contributed by atoms with van der Waals surface area (Å²) in [6.45, 7) is 5.44. The fourth-order valence-corrected chi connectivity index (χ4v) is 2.77. The van der Waals surface area contributed by atoms with Crippen molar-refractivity contribution in [1.82, 2.24) is 4.90 Å². The molecule has 0 fully saturated rings. The Hall–Kier alpha value is -3.28. The van der Waals surface area contributed by atoms with E-state index in [4.69, 9.17) is 9.47 Å². The summed E-state index contributed by atoms with van der Waals surface area (Å²) in [4.78, 5) is 25.8. The molecule has 2 rings (SSSR count). The van der Waals surface area contributed by atoms with Crippen molar-refractivity contribution in [3.8, 4) is 11.5 Å². The third-order valence-electron chi connectivity index (χ3n) is 4.34. The second-order valence-corrected chi connectivity index (χ2v) is 6.22. The van der Waals surface area contributed by atoms with E-state index in [9.17, 15) is 9.59 Å². The van der Waals surface area contributed by atoms with Crippen LogP contribution in [0.3, 0.4) is 0 Å². The van der Waals surface area contributed by atoms with E-state index in [0.717, 1.165) is 11.1 Å². The van der Waals surface area contributed by atoms with Crippen LogP contribution in [0.15, 0.2) is 48.5 Å². The van der Waals surface area contributed by atoms with Gasteiger partial charge in [-0.1, -0.05) is 18.2 Å². The van der Waals surface area contributed by atoms with Crippen molar-refractivity contribution in [2.75, 3.05) is 27.4 Å². The molecule has 154 valence electrons. The number of rotatable bonds is 9. The molecule has 0 spiro atoms. The second-order valence-electron chi connectivity index (χ2n) is 6.22. The van der Waals surface area contributed by atoms with Crippen LogP contribution >= 0.6 is 0 Å². The minimum atomic E-state index is -0.389. The molecular weight excluding hydrogens is 370 g/mol. The summed E-state index contributed by atoms with van der Waals surface area (Å²) in [6, 6.07) is 12.5. The maximum atomic E-state index is 12.6. The summed E-state index contributed by atoms with van der Waals surface area (Å²) in [6.07, 6.45) is 3.26. The van der Waals surface area contributed by atoms with Crippen LogP contribution in [-0.4, -0.2) is 44.1 Å². The van der Waals surface area contributed by atoms with Gasteiger partial charge in [-0.25, -0.2) is 4.79 Å². The number of esters is 1. The quantitative estimate of drug-likeness (QED) is 0.474. The van der Waals surface area contributed by atoms with Gasteiger partial charge in [-0.3, -0.25) is 4.79 Å². The van der Waals surface area contributed by atoms with Gasteiger partial charge in [0.25, 0.3) is 0 Å². The van der Waals surface area contributed by atoms with E-state index < -0.39 is 0 Å². The molecule has 0 unspecified atom stereocenters. The van der Waals surface area contributed by atoms with E-state index in [-0.39, 0.29) is 11.9 Å². The molecule has 0 aliphatic heterocycles. The molecule has 0 radical (unpaired) electrons. The summed E-state index contributed by atoms with van der Waals surface area (Å²) in [5.41, 5.74) is 2.25. The molecule has 0 heterocycles. The Morgan fingerprint density at radius 3 is 2.31 bits per heavy atom. The molecule has 2 aromatic carbocycles. The highest BCUT2D eigenvalue weighted by atomic mass is 16.5. The molecule has 0 atom stereocenters. The van der Waals surface area contributed by atoms with Crippen LogP contribution < -0.4 is 9.47 Å². The smallest absolute Gasteiger partial charge is 0.337 e. The third kappa shape index (κ3) is 6.10. The molecule has 0 saturated heterocycles. The Morgan fingerprint density at radius 2 is 1.72 bits per heavy atom. The summed E-state index contributed by atoms with van der Waals surface area (Å²) >= 11 is 0. The average Bonchev–Trinajstić information content (AvgIpc) is 2.76. The zero-order chi connectivity index (χ0) is 21.2. The zero-order valence-corrected chi connectivity index (χ0v) is 17.3. The minimum absolute atomic E-state index is 0.0996. The first-order valence-corrected chi connectivity index (χ1v) is 9.47. The Bertz CT molecular complexity index is 858. The van der Waals surface area contributed by atoms with Gasteiger partial charge in [-0.2, -0.15) is 0 Å². The first-order valence-electron chi connectivity index (χ1n) is 9.47. The van der Waals surface area contributed by atoms with Crippen LogP contribution in [0, 0.1) is 0 Å². The van der Waals surface area contributed by atoms with Gasteiger partial charge >= 0.3 is 5.97 Å². The number of methoxy groups -OCH3 is 2. The molecule has 0 aromatic heterocycles. The van der Waals surface area contributed by atoms with Gasteiger partial charge in [0.15, 0.2) is 11.5 Å². The van der Waals surface area contributed by atoms with E-state index in [1.807, 2.05) is 32.0 Å². The molecule has 2 aromatic rings. The average molecular weight is 397 g/mol. The summed E-state index contributed by atoms with van der Waals surface area (Å²) in [5.74, 6) is 0.842. The lowest BCUT2D eigenvalue weighted by molar-refractivity contribution is -0.126. The first kappa shape index (κ1) is 22.0. The molecule has 0 saturated carbocycles. The normalized spacial score (nSPS) is 10.6. The Morgan fingerprint density at radius 1 is 1.00 bits per heavy atom. The molecule has 0 bridgehead atoms. The molecule has 29 heavy (non-hydrogen) atoms. The first-order chi connectivity index (χ1) is 14.0. The number of carbonyl (C=O) groups excluding carboxylic acids is 2. The maximum absolute atomic E-state index is 12.6. The number of hydrogen-bond acceptors (Lipinski definition) is 5. The van der Waals surface area contributed by atoms with Crippen molar-refractivity contribution in [2.45, 2.75) is 20.4 Å². The predicted octanol–water partition coefficient (Wildman–Crippen LogP) is 3.94. The van der Waals surface area contributed by atoms with E-state index in [1.165, 1.54) is 13.2 Å². The van der Waals surface area contributed by atoms with Crippen LogP contribution in [-0.2, 0) is 16.1 Å². The molecule has 0 aliphatic carbocycles. The summed E-state index contributed by atoms with van der Waals surface area (Å²) in [7, 11) is 2.94. The lowest BCUT2D eigenvalue weighted by Gasteiger charge is -2.20. The number of benzene rings is 2.